The predicted molar refractivity (Wildman–Crippen MR) is 132 cm³/mol. The third kappa shape index (κ3) is 6.17. The van der Waals surface area contributed by atoms with Crippen LogP contribution in [-0.4, -0.2) is 51.1 Å². The summed E-state index contributed by atoms with van der Waals surface area (Å²) in [6.45, 7) is 1.55. The minimum atomic E-state index is -3.51. The number of amides is 1. The van der Waals surface area contributed by atoms with Gasteiger partial charge in [0.15, 0.2) is 0 Å². The van der Waals surface area contributed by atoms with Crippen LogP contribution in [0.25, 0.3) is 11.1 Å². The molecule has 0 aliphatic carbocycles. The molecule has 0 bridgehead atoms. The molecule has 3 aromatic carbocycles. The van der Waals surface area contributed by atoms with Gasteiger partial charge >= 0.3 is 0 Å². The SMILES string of the molecule is O=C(CCc1ccc(S(=O)(=O)N2CCOCC2)cc1)NN=Cc1ccc(-c2ccccc2)cc1. The van der Waals surface area contributed by atoms with Crippen molar-refractivity contribution in [1.29, 1.82) is 0 Å². The van der Waals surface area contributed by atoms with Gasteiger partial charge in [0.2, 0.25) is 15.9 Å². The highest BCUT2D eigenvalue weighted by atomic mass is 32.2. The van der Waals surface area contributed by atoms with E-state index in [2.05, 4.69) is 22.7 Å². The summed E-state index contributed by atoms with van der Waals surface area (Å²) < 4.78 is 32.0. The lowest BCUT2D eigenvalue weighted by Gasteiger charge is -2.26. The Bertz CT molecular complexity index is 1220. The molecule has 0 radical (unpaired) electrons. The van der Waals surface area contributed by atoms with E-state index in [1.165, 1.54) is 4.31 Å². The summed E-state index contributed by atoms with van der Waals surface area (Å²) in [6.07, 6.45) is 2.35. The van der Waals surface area contributed by atoms with Crippen molar-refractivity contribution in [3.63, 3.8) is 0 Å². The molecule has 0 spiro atoms. The van der Waals surface area contributed by atoms with Crippen LogP contribution in [0.1, 0.15) is 17.5 Å². The zero-order valence-corrected chi connectivity index (χ0v) is 19.6. The predicted octanol–water partition coefficient (Wildman–Crippen LogP) is 3.46. The maximum Gasteiger partial charge on any atom is 0.243 e. The van der Waals surface area contributed by atoms with Crippen molar-refractivity contribution in [1.82, 2.24) is 9.73 Å². The molecular weight excluding hydrogens is 450 g/mol. The fourth-order valence-electron chi connectivity index (χ4n) is 3.65. The first-order chi connectivity index (χ1) is 16.5. The van der Waals surface area contributed by atoms with Crippen molar-refractivity contribution in [3.8, 4) is 11.1 Å². The smallest absolute Gasteiger partial charge is 0.243 e. The molecule has 1 aliphatic heterocycles. The summed E-state index contributed by atoms with van der Waals surface area (Å²) in [7, 11) is -3.51. The number of nitrogens with zero attached hydrogens (tertiary/aromatic N) is 2. The molecule has 0 unspecified atom stereocenters. The van der Waals surface area contributed by atoms with Gasteiger partial charge in [-0.1, -0.05) is 66.7 Å². The van der Waals surface area contributed by atoms with Gasteiger partial charge in [-0.3, -0.25) is 4.79 Å². The average molecular weight is 478 g/mol. The van der Waals surface area contributed by atoms with Crippen LogP contribution in [0.2, 0.25) is 0 Å². The third-order valence-electron chi connectivity index (χ3n) is 5.59. The van der Waals surface area contributed by atoms with Crippen LogP contribution >= 0.6 is 0 Å². The summed E-state index contributed by atoms with van der Waals surface area (Å²) in [5.41, 5.74) is 6.58. The molecule has 1 amide bonds. The van der Waals surface area contributed by atoms with E-state index in [1.807, 2.05) is 42.5 Å². The van der Waals surface area contributed by atoms with Crippen LogP contribution < -0.4 is 5.43 Å². The number of sulfonamides is 1. The zero-order valence-electron chi connectivity index (χ0n) is 18.8. The number of carbonyl (C=O) groups excluding carboxylic acids is 1. The maximum atomic E-state index is 12.7. The fraction of sp³-hybridized carbons (Fsp3) is 0.231. The van der Waals surface area contributed by atoms with Crippen LogP contribution in [0.15, 0.2) is 88.9 Å². The highest BCUT2D eigenvalue weighted by Gasteiger charge is 2.26. The molecule has 0 aromatic heterocycles. The number of carbonyl (C=O) groups is 1. The van der Waals surface area contributed by atoms with E-state index in [9.17, 15) is 13.2 Å². The number of aryl methyl sites for hydroxylation is 1. The number of hydrazone groups is 1. The number of morpholine rings is 1. The highest BCUT2D eigenvalue weighted by Crippen LogP contribution is 2.19. The van der Waals surface area contributed by atoms with Gasteiger partial charge in [0.1, 0.15) is 0 Å². The molecule has 0 saturated carbocycles. The van der Waals surface area contributed by atoms with Crippen LogP contribution in [0.3, 0.4) is 0 Å². The summed E-state index contributed by atoms with van der Waals surface area (Å²) in [5.74, 6) is -0.206. The van der Waals surface area contributed by atoms with E-state index < -0.39 is 10.0 Å². The molecule has 7 nitrogen and oxygen atoms in total. The van der Waals surface area contributed by atoms with Gasteiger partial charge in [0.05, 0.1) is 24.3 Å². The number of rotatable bonds is 8. The minimum absolute atomic E-state index is 0.206. The monoisotopic (exact) mass is 477 g/mol. The topological polar surface area (TPSA) is 88.1 Å². The van der Waals surface area contributed by atoms with Gasteiger partial charge in [0, 0.05) is 19.5 Å². The van der Waals surface area contributed by atoms with Gasteiger partial charge in [-0.05, 0) is 40.8 Å². The second-order valence-corrected chi connectivity index (χ2v) is 9.88. The Labute approximate surface area is 200 Å². The number of benzene rings is 3. The van der Waals surface area contributed by atoms with Crippen molar-refractivity contribution in [2.24, 2.45) is 5.10 Å². The van der Waals surface area contributed by atoms with Crippen molar-refractivity contribution in [2.45, 2.75) is 17.7 Å². The number of nitrogens with one attached hydrogen (secondary N) is 1. The molecule has 1 heterocycles. The molecular formula is C26H27N3O4S. The highest BCUT2D eigenvalue weighted by molar-refractivity contribution is 7.89. The Kier molecular flexibility index (Phi) is 7.84. The van der Waals surface area contributed by atoms with E-state index >= 15 is 0 Å². The number of hydrogen-bond donors (Lipinski definition) is 1. The largest absolute Gasteiger partial charge is 0.379 e. The first-order valence-corrected chi connectivity index (χ1v) is 12.6. The zero-order chi connectivity index (χ0) is 23.8. The fourth-order valence-corrected chi connectivity index (χ4v) is 5.06. The Morgan fingerprint density at radius 3 is 2.24 bits per heavy atom. The lowest BCUT2D eigenvalue weighted by molar-refractivity contribution is -0.121. The van der Waals surface area contributed by atoms with Gasteiger partial charge in [-0.15, -0.1) is 0 Å². The lowest BCUT2D eigenvalue weighted by atomic mass is 10.0. The van der Waals surface area contributed by atoms with Crippen LogP contribution in [-0.2, 0) is 26.0 Å². The Morgan fingerprint density at radius 1 is 0.912 bits per heavy atom. The molecule has 0 atom stereocenters. The van der Waals surface area contributed by atoms with E-state index in [1.54, 1.807) is 30.5 Å². The van der Waals surface area contributed by atoms with E-state index in [4.69, 9.17) is 4.74 Å². The number of hydrogen-bond acceptors (Lipinski definition) is 5. The van der Waals surface area contributed by atoms with Crippen LogP contribution in [0.4, 0.5) is 0 Å². The summed E-state index contributed by atoms with van der Waals surface area (Å²) in [4.78, 5) is 12.4. The molecule has 1 aliphatic rings. The Hall–Kier alpha value is -3.33. The second-order valence-electron chi connectivity index (χ2n) is 7.94. The quantitative estimate of drug-likeness (QED) is 0.398. The molecule has 1 saturated heterocycles. The molecule has 3 aromatic rings. The second kappa shape index (κ2) is 11.2. The molecule has 4 rings (SSSR count). The average Bonchev–Trinajstić information content (AvgIpc) is 2.89. The van der Waals surface area contributed by atoms with Crippen molar-refractivity contribution < 1.29 is 17.9 Å². The molecule has 1 fully saturated rings. The van der Waals surface area contributed by atoms with E-state index in [0.29, 0.717) is 32.7 Å². The Balaban J connectivity index is 1.25. The normalized spacial score (nSPS) is 14.8. The van der Waals surface area contributed by atoms with Gasteiger partial charge in [0.25, 0.3) is 0 Å². The van der Waals surface area contributed by atoms with Gasteiger partial charge in [-0.25, -0.2) is 13.8 Å². The summed E-state index contributed by atoms with van der Waals surface area (Å²) in [5, 5.41) is 4.03. The van der Waals surface area contributed by atoms with Gasteiger partial charge < -0.3 is 4.74 Å². The lowest BCUT2D eigenvalue weighted by Crippen LogP contribution is -2.40. The maximum absolute atomic E-state index is 12.7. The van der Waals surface area contributed by atoms with Crippen molar-refractivity contribution in [2.75, 3.05) is 26.3 Å². The standard InChI is InChI=1S/C26H27N3O4S/c30-26(28-27-20-22-6-11-24(12-7-22)23-4-2-1-3-5-23)15-10-21-8-13-25(14-9-21)34(31,32)29-16-18-33-19-17-29/h1-9,11-14,20H,10,15-19H2,(H,28,30). The van der Waals surface area contributed by atoms with E-state index in [0.717, 1.165) is 22.3 Å². The van der Waals surface area contributed by atoms with Gasteiger partial charge in [-0.2, -0.15) is 9.41 Å². The van der Waals surface area contributed by atoms with Crippen LogP contribution in [0, 0.1) is 0 Å². The number of ether oxygens (including phenoxy) is 1. The summed E-state index contributed by atoms with van der Waals surface area (Å²) in [6, 6.07) is 24.7. The Morgan fingerprint density at radius 2 is 1.56 bits per heavy atom. The van der Waals surface area contributed by atoms with Crippen LogP contribution in [0.5, 0.6) is 0 Å². The first kappa shape index (κ1) is 23.8. The minimum Gasteiger partial charge on any atom is -0.379 e. The third-order valence-corrected chi connectivity index (χ3v) is 7.51. The first-order valence-electron chi connectivity index (χ1n) is 11.2. The molecule has 176 valence electrons. The summed E-state index contributed by atoms with van der Waals surface area (Å²) >= 11 is 0. The molecule has 34 heavy (non-hydrogen) atoms. The van der Waals surface area contributed by atoms with Crippen molar-refractivity contribution >= 4 is 22.1 Å². The molecule has 8 heteroatoms. The molecule has 1 N–H and O–H groups in total. The van der Waals surface area contributed by atoms with Crippen molar-refractivity contribution in [3.05, 3.63) is 90.0 Å². The van der Waals surface area contributed by atoms with E-state index in [-0.39, 0.29) is 17.2 Å².